The second-order valence-electron chi connectivity index (χ2n) is 10.5. The minimum absolute atomic E-state index is 0.134. The van der Waals surface area contributed by atoms with Gasteiger partial charge >= 0.3 is 5.97 Å². The molecule has 1 aliphatic carbocycles. The van der Waals surface area contributed by atoms with Crippen molar-refractivity contribution in [3.63, 3.8) is 0 Å². The highest BCUT2D eigenvalue weighted by Gasteiger charge is 2.32. The van der Waals surface area contributed by atoms with Crippen molar-refractivity contribution in [3.8, 4) is 11.3 Å². The van der Waals surface area contributed by atoms with Crippen LogP contribution in [0.2, 0.25) is 0 Å². The highest BCUT2D eigenvalue weighted by molar-refractivity contribution is 5.97. The van der Waals surface area contributed by atoms with Crippen molar-refractivity contribution < 1.29 is 19.1 Å². The van der Waals surface area contributed by atoms with E-state index in [0.717, 1.165) is 35.1 Å². The number of hydrogen-bond acceptors (Lipinski definition) is 6. The summed E-state index contributed by atoms with van der Waals surface area (Å²) < 4.78 is 13.0. The molecule has 200 valence electrons. The number of amides is 1. The maximum Gasteiger partial charge on any atom is 0.356 e. The van der Waals surface area contributed by atoms with Crippen LogP contribution >= 0.6 is 0 Å². The zero-order valence-corrected chi connectivity index (χ0v) is 22.2. The molecule has 6 rings (SSSR count). The third kappa shape index (κ3) is 4.55. The number of carbonyl (C=O) groups is 2. The second kappa shape index (κ2) is 10.8. The van der Waals surface area contributed by atoms with Crippen LogP contribution in [-0.2, 0) is 20.8 Å². The standard InChI is InChI=1S/C30H36N4O4/c1-2-38-30(36)24-13-12-23-27(21-8-4-3-5-9-21)28-22-10-6-7-11-25(22)33(14-15-34(28)29(23)31-24)20-26(35)32-16-18-37-19-17-32/h6-7,10-13,21H,2-5,8-9,14-20H2,1H3. The zero-order chi connectivity index (χ0) is 26.1. The Labute approximate surface area is 223 Å². The van der Waals surface area contributed by atoms with Crippen LogP contribution < -0.4 is 4.90 Å². The van der Waals surface area contributed by atoms with E-state index in [9.17, 15) is 9.59 Å². The molecule has 8 nitrogen and oxygen atoms in total. The molecule has 2 aliphatic heterocycles. The van der Waals surface area contributed by atoms with Crippen molar-refractivity contribution in [2.75, 3.05) is 50.9 Å². The Morgan fingerprint density at radius 2 is 1.79 bits per heavy atom. The molecule has 2 aromatic heterocycles. The topological polar surface area (TPSA) is 76.9 Å². The number of esters is 1. The molecule has 0 bridgehead atoms. The molecule has 4 heterocycles. The monoisotopic (exact) mass is 516 g/mol. The molecular formula is C30H36N4O4. The van der Waals surface area contributed by atoms with Gasteiger partial charge in [0.2, 0.25) is 5.91 Å². The first-order chi connectivity index (χ1) is 18.7. The third-order valence-corrected chi connectivity index (χ3v) is 8.23. The number of rotatable bonds is 5. The number of fused-ring (bicyclic) bond motifs is 5. The van der Waals surface area contributed by atoms with E-state index in [1.54, 1.807) is 0 Å². The summed E-state index contributed by atoms with van der Waals surface area (Å²) >= 11 is 0. The largest absolute Gasteiger partial charge is 0.461 e. The number of morpholine rings is 1. The Kier molecular flexibility index (Phi) is 7.06. The molecule has 3 aromatic rings. The number of pyridine rings is 1. The quantitative estimate of drug-likeness (QED) is 0.461. The Morgan fingerprint density at radius 3 is 2.58 bits per heavy atom. The smallest absolute Gasteiger partial charge is 0.356 e. The predicted molar refractivity (Wildman–Crippen MR) is 147 cm³/mol. The van der Waals surface area contributed by atoms with Gasteiger partial charge in [-0.3, -0.25) is 4.79 Å². The summed E-state index contributed by atoms with van der Waals surface area (Å²) in [6.45, 7) is 6.30. The maximum absolute atomic E-state index is 13.3. The van der Waals surface area contributed by atoms with Crippen LogP contribution in [0.5, 0.6) is 0 Å². The number of hydrogen-bond donors (Lipinski definition) is 0. The highest BCUT2D eigenvalue weighted by atomic mass is 16.5. The molecule has 0 N–H and O–H groups in total. The van der Waals surface area contributed by atoms with Crippen LogP contribution in [0.4, 0.5) is 5.69 Å². The van der Waals surface area contributed by atoms with Crippen molar-refractivity contribution in [2.45, 2.75) is 51.5 Å². The first-order valence-corrected chi connectivity index (χ1v) is 14.1. The number of aromatic nitrogens is 2. The average Bonchev–Trinajstić information content (AvgIpc) is 3.20. The van der Waals surface area contributed by atoms with E-state index in [1.165, 1.54) is 30.5 Å². The summed E-state index contributed by atoms with van der Waals surface area (Å²) in [5.41, 5.74) is 5.93. The predicted octanol–water partition coefficient (Wildman–Crippen LogP) is 4.61. The molecule has 1 saturated heterocycles. The van der Waals surface area contributed by atoms with E-state index in [2.05, 4.69) is 39.8 Å². The van der Waals surface area contributed by atoms with Crippen molar-refractivity contribution in [1.82, 2.24) is 14.5 Å². The van der Waals surface area contributed by atoms with E-state index in [1.807, 2.05) is 17.9 Å². The van der Waals surface area contributed by atoms with Crippen LogP contribution in [0.15, 0.2) is 36.4 Å². The summed E-state index contributed by atoms with van der Waals surface area (Å²) in [5, 5.41) is 1.13. The van der Waals surface area contributed by atoms with Crippen LogP contribution in [0.3, 0.4) is 0 Å². The lowest BCUT2D eigenvalue weighted by atomic mass is 9.82. The lowest BCUT2D eigenvalue weighted by molar-refractivity contribution is -0.133. The van der Waals surface area contributed by atoms with Crippen LogP contribution in [-0.4, -0.2) is 72.3 Å². The average molecular weight is 517 g/mol. The molecule has 0 spiro atoms. The van der Waals surface area contributed by atoms with E-state index in [0.29, 0.717) is 64.2 Å². The summed E-state index contributed by atoms with van der Waals surface area (Å²) in [5.74, 6) is 0.193. The van der Waals surface area contributed by atoms with E-state index in [-0.39, 0.29) is 5.91 Å². The van der Waals surface area contributed by atoms with Gasteiger partial charge in [0, 0.05) is 42.8 Å². The molecule has 0 atom stereocenters. The van der Waals surface area contributed by atoms with Crippen LogP contribution in [0.25, 0.3) is 22.3 Å². The fourth-order valence-electron chi connectivity index (χ4n) is 6.41. The lowest BCUT2D eigenvalue weighted by Crippen LogP contribution is -2.46. The van der Waals surface area contributed by atoms with Gasteiger partial charge in [-0.25, -0.2) is 9.78 Å². The van der Waals surface area contributed by atoms with E-state index < -0.39 is 5.97 Å². The first-order valence-electron chi connectivity index (χ1n) is 14.1. The number of para-hydroxylation sites is 1. The number of ether oxygens (including phenoxy) is 2. The molecule has 0 unspecified atom stereocenters. The van der Waals surface area contributed by atoms with Gasteiger partial charge in [0.05, 0.1) is 32.1 Å². The normalized spacial score (nSPS) is 18.1. The summed E-state index contributed by atoms with van der Waals surface area (Å²) in [7, 11) is 0. The fraction of sp³-hybridized carbons (Fsp3) is 0.500. The Hall–Kier alpha value is -3.39. The minimum Gasteiger partial charge on any atom is -0.461 e. The number of nitrogens with zero attached hydrogens (tertiary/aromatic N) is 4. The lowest BCUT2D eigenvalue weighted by Gasteiger charge is -2.31. The SMILES string of the molecule is CCOC(=O)c1ccc2c(C3CCCCC3)c3n(c2n1)CCN(CC(=O)N1CCOCC1)c1ccccc1-3. The molecule has 1 aromatic carbocycles. The molecule has 2 fully saturated rings. The Bertz CT molecular complexity index is 1340. The van der Waals surface area contributed by atoms with Gasteiger partial charge in [-0.2, -0.15) is 0 Å². The van der Waals surface area contributed by atoms with Gasteiger partial charge in [0.15, 0.2) is 5.69 Å². The molecule has 8 heteroatoms. The van der Waals surface area contributed by atoms with E-state index in [4.69, 9.17) is 14.5 Å². The van der Waals surface area contributed by atoms with Crippen LogP contribution in [0.1, 0.15) is 61.0 Å². The van der Waals surface area contributed by atoms with Crippen molar-refractivity contribution >= 4 is 28.6 Å². The molecule has 0 radical (unpaired) electrons. The molecule has 1 saturated carbocycles. The first kappa shape index (κ1) is 24.9. The Balaban J connectivity index is 1.47. The van der Waals surface area contributed by atoms with Gasteiger partial charge in [-0.05, 0) is 49.4 Å². The molecule has 3 aliphatic rings. The fourth-order valence-corrected chi connectivity index (χ4v) is 6.41. The van der Waals surface area contributed by atoms with Gasteiger partial charge in [-0.1, -0.05) is 37.5 Å². The number of benzene rings is 1. The number of anilines is 1. The second-order valence-corrected chi connectivity index (χ2v) is 10.5. The van der Waals surface area contributed by atoms with Gasteiger partial charge in [0.1, 0.15) is 5.65 Å². The van der Waals surface area contributed by atoms with E-state index >= 15 is 0 Å². The van der Waals surface area contributed by atoms with Gasteiger partial charge in [-0.15, -0.1) is 0 Å². The highest BCUT2D eigenvalue weighted by Crippen LogP contribution is 2.46. The minimum atomic E-state index is -0.393. The van der Waals surface area contributed by atoms with Crippen LogP contribution in [0, 0.1) is 0 Å². The Morgan fingerprint density at radius 1 is 1.00 bits per heavy atom. The summed E-state index contributed by atoms with van der Waals surface area (Å²) in [6.07, 6.45) is 6.06. The molecular weight excluding hydrogens is 480 g/mol. The van der Waals surface area contributed by atoms with Crippen molar-refractivity contribution in [1.29, 1.82) is 0 Å². The molecule has 38 heavy (non-hydrogen) atoms. The third-order valence-electron chi connectivity index (χ3n) is 8.23. The molecule has 1 amide bonds. The van der Waals surface area contributed by atoms with Gasteiger partial charge < -0.3 is 23.8 Å². The van der Waals surface area contributed by atoms with Crippen molar-refractivity contribution in [2.24, 2.45) is 0 Å². The maximum atomic E-state index is 13.3. The summed E-state index contributed by atoms with van der Waals surface area (Å²) in [6, 6.07) is 12.3. The van der Waals surface area contributed by atoms with Crippen molar-refractivity contribution in [3.05, 3.63) is 47.7 Å². The zero-order valence-electron chi connectivity index (χ0n) is 22.2. The number of carbonyl (C=O) groups excluding carboxylic acids is 2. The van der Waals surface area contributed by atoms with Gasteiger partial charge in [0.25, 0.3) is 0 Å². The summed E-state index contributed by atoms with van der Waals surface area (Å²) in [4.78, 5) is 34.9.